The van der Waals surface area contributed by atoms with Gasteiger partial charge in [0.15, 0.2) is 12.1 Å². The summed E-state index contributed by atoms with van der Waals surface area (Å²) in [6.45, 7) is 3.47. The number of hydrogen-bond donors (Lipinski definition) is 0. The highest BCUT2D eigenvalue weighted by atomic mass is 16.3. The fraction of sp³-hybridized carbons (Fsp3) is 0.667. The van der Waals surface area contributed by atoms with Crippen molar-refractivity contribution in [3.8, 4) is 0 Å². The van der Waals surface area contributed by atoms with Crippen LogP contribution in [0.4, 0.5) is 0 Å². The van der Waals surface area contributed by atoms with Crippen LogP contribution in [0.2, 0.25) is 0 Å². The number of likely N-dealkylation sites (N-methyl/N-ethyl adjacent to an activating group) is 1. The Hall–Kier alpha value is -1.89. The zero-order valence-electron chi connectivity index (χ0n) is 12.7. The van der Waals surface area contributed by atoms with Crippen molar-refractivity contribution in [2.45, 2.75) is 24.8 Å². The van der Waals surface area contributed by atoms with E-state index in [-0.39, 0.29) is 17.9 Å². The van der Waals surface area contributed by atoms with Crippen molar-refractivity contribution < 1.29 is 14.0 Å². The molecule has 1 aliphatic carbocycles. The molecule has 118 valence electrons. The van der Waals surface area contributed by atoms with Gasteiger partial charge in [0, 0.05) is 45.7 Å². The van der Waals surface area contributed by atoms with Crippen molar-refractivity contribution in [2.24, 2.45) is 0 Å². The number of oxazole rings is 1. The van der Waals surface area contributed by atoms with Gasteiger partial charge in [-0.2, -0.15) is 0 Å². The Kier molecular flexibility index (Phi) is 3.18. The van der Waals surface area contributed by atoms with Gasteiger partial charge in [-0.3, -0.25) is 14.5 Å². The van der Waals surface area contributed by atoms with Crippen LogP contribution in [0.25, 0.3) is 0 Å². The van der Waals surface area contributed by atoms with Crippen LogP contribution < -0.4 is 0 Å². The van der Waals surface area contributed by atoms with Gasteiger partial charge in [0.1, 0.15) is 11.8 Å². The van der Waals surface area contributed by atoms with Crippen molar-refractivity contribution in [2.75, 3.05) is 39.8 Å². The maximum absolute atomic E-state index is 12.7. The summed E-state index contributed by atoms with van der Waals surface area (Å²) in [5.41, 5.74) is 0.438. The Bertz CT molecular complexity index is 610. The summed E-state index contributed by atoms with van der Waals surface area (Å²) in [5.74, 6) is 1.08. The van der Waals surface area contributed by atoms with Crippen molar-refractivity contribution in [1.82, 2.24) is 19.7 Å². The van der Waals surface area contributed by atoms with Gasteiger partial charge in [-0.1, -0.05) is 0 Å². The van der Waals surface area contributed by atoms with Gasteiger partial charge in [0.05, 0.1) is 0 Å². The van der Waals surface area contributed by atoms with E-state index in [9.17, 15) is 9.59 Å². The lowest BCUT2D eigenvalue weighted by atomic mass is 10.1. The van der Waals surface area contributed by atoms with Crippen LogP contribution in [0.15, 0.2) is 10.8 Å². The van der Waals surface area contributed by atoms with E-state index in [1.807, 2.05) is 7.05 Å². The van der Waals surface area contributed by atoms with E-state index < -0.39 is 0 Å². The molecule has 4 rings (SSSR count). The smallest absolute Gasteiger partial charge is 0.276 e. The van der Waals surface area contributed by atoms with Gasteiger partial charge < -0.3 is 14.2 Å². The van der Waals surface area contributed by atoms with Gasteiger partial charge in [-0.15, -0.1) is 0 Å². The zero-order valence-corrected chi connectivity index (χ0v) is 12.7. The molecule has 1 saturated carbocycles. The molecule has 22 heavy (non-hydrogen) atoms. The fourth-order valence-electron chi connectivity index (χ4n) is 3.35. The number of piperazine rings is 2. The SMILES string of the molecule is CN1CCN2CCN(C(=O)c3ncoc3C3CC3)CC2C1=O. The molecule has 1 atom stereocenters. The largest absolute Gasteiger partial charge is 0.447 e. The summed E-state index contributed by atoms with van der Waals surface area (Å²) >= 11 is 0. The molecular weight excluding hydrogens is 284 g/mol. The van der Waals surface area contributed by atoms with Crippen LogP contribution in [-0.4, -0.2) is 77.3 Å². The standard InChI is InChI=1S/C15H20N4O3/c1-17-4-5-18-6-7-19(8-11(18)14(17)20)15(21)12-13(10-2-3-10)22-9-16-12/h9-11H,2-8H2,1H3. The zero-order chi connectivity index (χ0) is 15.3. The number of rotatable bonds is 2. The molecule has 0 spiro atoms. The van der Waals surface area contributed by atoms with Crippen molar-refractivity contribution in [3.05, 3.63) is 17.8 Å². The van der Waals surface area contributed by atoms with E-state index in [4.69, 9.17) is 4.42 Å². The number of nitrogens with zero attached hydrogens (tertiary/aromatic N) is 4. The Balaban J connectivity index is 1.52. The normalized spacial score (nSPS) is 26.2. The quantitative estimate of drug-likeness (QED) is 0.778. The minimum absolute atomic E-state index is 0.101. The average Bonchev–Trinajstić information content (AvgIpc) is 3.27. The number of amides is 2. The molecule has 0 aromatic carbocycles. The van der Waals surface area contributed by atoms with Crippen molar-refractivity contribution >= 4 is 11.8 Å². The molecule has 0 radical (unpaired) electrons. The molecule has 2 aliphatic heterocycles. The van der Waals surface area contributed by atoms with Crippen molar-refractivity contribution in [1.29, 1.82) is 0 Å². The van der Waals surface area contributed by atoms with E-state index in [2.05, 4.69) is 9.88 Å². The summed E-state index contributed by atoms with van der Waals surface area (Å²) in [4.78, 5) is 34.9. The predicted octanol–water partition coefficient (Wildman–Crippen LogP) is 0.150. The first-order valence-corrected chi connectivity index (χ1v) is 7.87. The fourth-order valence-corrected chi connectivity index (χ4v) is 3.35. The first-order valence-electron chi connectivity index (χ1n) is 7.87. The maximum Gasteiger partial charge on any atom is 0.276 e. The predicted molar refractivity (Wildman–Crippen MR) is 77.4 cm³/mol. The van der Waals surface area contributed by atoms with Crippen LogP contribution in [0, 0.1) is 0 Å². The molecule has 2 amide bonds. The van der Waals surface area contributed by atoms with Gasteiger partial charge in [-0.25, -0.2) is 4.98 Å². The molecule has 1 unspecified atom stereocenters. The second-order valence-corrected chi connectivity index (χ2v) is 6.40. The third kappa shape index (κ3) is 2.20. The van der Waals surface area contributed by atoms with E-state index in [1.54, 1.807) is 9.80 Å². The molecule has 0 bridgehead atoms. The molecule has 7 nitrogen and oxygen atoms in total. The van der Waals surface area contributed by atoms with Crippen LogP contribution in [0.5, 0.6) is 0 Å². The minimum atomic E-state index is -0.215. The van der Waals surface area contributed by atoms with Gasteiger partial charge in [0.2, 0.25) is 5.91 Å². The number of fused-ring (bicyclic) bond motifs is 1. The van der Waals surface area contributed by atoms with Crippen LogP contribution >= 0.6 is 0 Å². The number of aromatic nitrogens is 1. The lowest BCUT2D eigenvalue weighted by Gasteiger charge is -2.45. The van der Waals surface area contributed by atoms with E-state index in [0.717, 1.165) is 38.2 Å². The molecule has 7 heteroatoms. The molecule has 1 aromatic heterocycles. The number of carbonyl (C=O) groups excluding carboxylic acids is 2. The third-order valence-electron chi connectivity index (χ3n) is 4.91. The second-order valence-electron chi connectivity index (χ2n) is 6.40. The second kappa shape index (κ2) is 5.08. The number of carbonyl (C=O) groups is 2. The van der Waals surface area contributed by atoms with Crippen LogP contribution in [0.3, 0.4) is 0 Å². The first-order chi connectivity index (χ1) is 10.6. The van der Waals surface area contributed by atoms with Gasteiger partial charge in [0.25, 0.3) is 5.91 Å². The Morgan fingerprint density at radius 1 is 1.27 bits per heavy atom. The molecule has 0 N–H and O–H groups in total. The highest BCUT2D eigenvalue weighted by Crippen LogP contribution is 2.41. The number of hydrogen-bond acceptors (Lipinski definition) is 5. The molecule has 1 aromatic rings. The lowest BCUT2D eigenvalue weighted by molar-refractivity contribution is -0.142. The van der Waals surface area contributed by atoms with Gasteiger partial charge in [-0.05, 0) is 12.8 Å². The summed E-state index contributed by atoms with van der Waals surface area (Å²) in [7, 11) is 1.82. The first kappa shape index (κ1) is 13.8. The van der Waals surface area contributed by atoms with Crippen molar-refractivity contribution in [3.63, 3.8) is 0 Å². The highest BCUT2D eigenvalue weighted by molar-refractivity contribution is 5.94. The van der Waals surface area contributed by atoms with Crippen LogP contribution in [-0.2, 0) is 4.79 Å². The Morgan fingerprint density at radius 2 is 2.05 bits per heavy atom. The third-order valence-corrected chi connectivity index (χ3v) is 4.91. The molecule has 3 fully saturated rings. The lowest BCUT2D eigenvalue weighted by Crippen LogP contribution is -2.64. The summed E-state index contributed by atoms with van der Waals surface area (Å²) in [5, 5.41) is 0. The molecule has 3 aliphatic rings. The minimum Gasteiger partial charge on any atom is -0.447 e. The molecule has 2 saturated heterocycles. The maximum atomic E-state index is 12.7. The molecular formula is C15H20N4O3. The van der Waals surface area contributed by atoms with Gasteiger partial charge >= 0.3 is 0 Å². The monoisotopic (exact) mass is 304 g/mol. The highest BCUT2D eigenvalue weighted by Gasteiger charge is 2.40. The van der Waals surface area contributed by atoms with Crippen LogP contribution in [0.1, 0.15) is 35.0 Å². The Labute approximate surface area is 128 Å². The summed E-state index contributed by atoms with van der Waals surface area (Å²) in [6, 6.07) is -0.215. The summed E-state index contributed by atoms with van der Waals surface area (Å²) < 4.78 is 5.40. The summed E-state index contributed by atoms with van der Waals surface area (Å²) in [6.07, 6.45) is 3.49. The van der Waals surface area contributed by atoms with E-state index in [0.29, 0.717) is 24.7 Å². The Morgan fingerprint density at radius 3 is 2.82 bits per heavy atom. The molecule has 3 heterocycles. The average molecular weight is 304 g/mol. The topological polar surface area (TPSA) is 69.9 Å². The van der Waals surface area contributed by atoms with E-state index >= 15 is 0 Å². The van der Waals surface area contributed by atoms with E-state index in [1.165, 1.54) is 6.39 Å².